The highest BCUT2D eigenvalue weighted by Gasteiger charge is 2.04. The standard InChI is InChI=1S/C19H21NO3/c1-13(2)23-16-7-5-15(6-8-16)18(21)10-11-20-17-12-14(3)4-9-19(17)22/h4-13,20,22H,1-3H3/b11-10+. The molecule has 0 unspecified atom stereocenters. The van der Waals surface area contributed by atoms with E-state index in [0.29, 0.717) is 11.3 Å². The van der Waals surface area contributed by atoms with Gasteiger partial charge in [-0.1, -0.05) is 6.07 Å². The van der Waals surface area contributed by atoms with Crippen LogP contribution in [0.1, 0.15) is 29.8 Å². The average molecular weight is 311 g/mol. The monoisotopic (exact) mass is 311 g/mol. The third-order valence-corrected chi connectivity index (χ3v) is 3.14. The first-order valence-electron chi connectivity index (χ1n) is 7.49. The van der Waals surface area contributed by atoms with Gasteiger partial charge in [-0.05, 0) is 62.7 Å². The van der Waals surface area contributed by atoms with Crippen molar-refractivity contribution < 1.29 is 14.6 Å². The van der Waals surface area contributed by atoms with E-state index < -0.39 is 0 Å². The summed E-state index contributed by atoms with van der Waals surface area (Å²) in [5, 5.41) is 12.6. The van der Waals surface area contributed by atoms with Crippen LogP contribution in [0.4, 0.5) is 5.69 Å². The molecule has 4 nitrogen and oxygen atoms in total. The number of aryl methyl sites for hydroxylation is 1. The molecule has 0 heterocycles. The molecule has 2 N–H and O–H groups in total. The second-order valence-electron chi connectivity index (χ2n) is 5.55. The SMILES string of the molecule is Cc1ccc(O)c(N/C=C/C(=O)c2ccc(OC(C)C)cc2)c1. The van der Waals surface area contributed by atoms with Crippen molar-refractivity contribution in [2.45, 2.75) is 26.9 Å². The number of benzene rings is 2. The molecule has 0 spiro atoms. The molecule has 2 rings (SSSR count). The molecule has 0 bridgehead atoms. The zero-order valence-corrected chi connectivity index (χ0v) is 13.5. The number of phenolic OH excluding ortho intramolecular Hbond substituents is 1. The van der Waals surface area contributed by atoms with E-state index >= 15 is 0 Å². The van der Waals surface area contributed by atoms with Gasteiger partial charge in [-0.15, -0.1) is 0 Å². The fourth-order valence-electron chi connectivity index (χ4n) is 2.04. The Labute approximate surface area is 136 Å². The van der Waals surface area contributed by atoms with E-state index in [4.69, 9.17) is 4.74 Å². The molecule has 0 fully saturated rings. The van der Waals surface area contributed by atoms with Crippen LogP contribution in [0.3, 0.4) is 0 Å². The molecule has 0 radical (unpaired) electrons. The van der Waals surface area contributed by atoms with Crippen LogP contribution >= 0.6 is 0 Å². The van der Waals surface area contributed by atoms with Crippen molar-refractivity contribution in [3.8, 4) is 11.5 Å². The highest BCUT2D eigenvalue weighted by Crippen LogP contribution is 2.23. The first kappa shape index (κ1) is 16.6. The van der Waals surface area contributed by atoms with Crippen molar-refractivity contribution in [2.75, 3.05) is 5.32 Å². The topological polar surface area (TPSA) is 58.6 Å². The number of hydrogen-bond acceptors (Lipinski definition) is 4. The Morgan fingerprint density at radius 1 is 1.17 bits per heavy atom. The number of nitrogens with one attached hydrogen (secondary N) is 1. The Bertz CT molecular complexity index is 703. The van der Waals surface area contributed by atoms with Crippen LogP contribution in [0.5, 0.6) is 11.5 Å². The number of ketones is 1. The molecule has 0 saturated carbocycles. The summed E-state index contributed by atoms with van der Waals surface area (Å²) in [5.41, 5.74) is 2.16. The minimum absolute atomic E-state index is 0.0997. The maximum atomic E-state index is 12.1. The van der Waals surface area contributed by atoms with Crippen molar-refractivity contribution >= 4 is 11.5 Å². The Kier molecular flexibility index (Phi) is 5.41. The molecule has 2 aromatic carbocycles. The Hall–Kier alpha value is -2.75. The lowest BCUT2D eigenvalue weighted by atomic mass is 10.1. The lowest BCUT2D eigenvalue weighted by Gasteiger charge is -2.09. The predicted octanol–water partition coefficient (Wildman–Crippen LogP) is 4.30. The molecule has 120 valence electrons. The molecule has 0 atom stereocenters. The van der Waals surface area contributed by atoms with Gasteiger partial charge in [0.2, 0.25) is 0 Å². The molecule has 0 aliphatic rings. The van der Waals surface area contributed by atoms with Crippen LogP contribution in [0, 0.1) is 6.92 Å². The smallest absolute Gasteiger partial charge is 0.187 e. The molecule has 0 aliphatic carbocycles. The van der Waals surface area contributed by atoms with Gasteiger partial charge in [-0.2, -0.15) is 0 Å². The molecule has 2 aromatic rings. The summed E-state index contributed by atoms with van der Waals surface area (Å²) in [4.78, 5) is 12.1. The van der Waals surface area contributed by atoms with E-state index in [1.807, 2.05) is 32.9 Å². The number of ether oxygens (including phenoxy) is 1. The van der Waals surface area contributed by atoms with Crippen LogP contribution in [-0.4, -0.2) is 17.0 Å². The lowest BCUT2D eigenvalue weighted by molar-refractivity contribution is 0.104. The third kappa shape index (κ3) is 4.88. The average Bonchev–Trinajstić information content (AvgIpc) is 2.50. The molecular formula is C19H21NO3. The van der Waals surface area contributed by atoms with Gasteiger partial charge >= 0.3 is 0 Å². The zero-order valence-electron chi connectivity index (χ0n) is 13.5. The fraction of sp³-hybridized carbons (Fsp3) is 0.211. The number of phenols is 1. The maximum absolute atomic E-state index is 12.1. The van der Waals surface area contributed by atoms with Crippen LogP contribution in [0.15, 0.2) is 54.7 Å². The number of aromatic hydroxyl groups is 1. The van der Waals surface area contributed by atoms with E-state index in [0.717, 1.165) is 11.3 Å². The number of carbonyl (C=O) groups is 1. The largest absolute Gasteiger partial charge is 0.506 e. The van der Waals surface area contributed by atoms with E-state index in [9.17, 15) is 9.90 Å². The normalized spacial score (nSPS) is 11.0. The summed E-state index contributed by atoms with van der Waals surface area (Å²) in [6, 6.07) is 12.3. The second kappa shape index (κ2) is 7.49. The quantitative estimate of drug-likeness (QED) is 0.474. The van der Waals surface area contributed by atoms with Gasteiger partial charge in [-0.3, -0.25) is 4.79 Å². The summed E-state index contributed by atoms with van der Waals surface area (Å²) in [6.07, 6.45) is 3.05. The highest BCUT2D eigenvalue weighted by atomic mass is 16.5. The van der Waals surface area contributed by atoms with Gasteiger partial charge in [0.1, 0.15) is 11.5 Å². The molecule has 0 saturated heterocycles. The van der Waals surface area contributed by atoms with Gasteiger partial charge in [-0.25, -0.2) is 0 Å². The van der Waals surface area contributed by atoms with Crippen molar-refractivity contribution in [1.29, 1.82) is 0 Å². The third-order valence-electron chi connectivity index (χ3n) is 3.14. The minimum Gasteiger partial charge on any atom is -0.506 e. The summed E-state index contributed by atoms with van der Waals surface area (Å²) < 4.78 is 5.54. The molecule has 0 aromatic heterocycles. The number of allylic oxidation sites excluding steroid dienone is 1. The van der Waals surface area contributed by atoms with Gasteiger partial charge in [0.25, 0.3) is 0 Å². The van der Waals surface area contributed by atoms with Crippen LogP contribution in [0.25, 0.3) is 0 Å². The Balaban J connectivity index is 1.99. The number of anilines is 1. The fourth-order valence-corrected chi connectivity index (χ4v) is 2.04. The second-order valence-corrected chi connectivity index (χ2v) is 5.55. The summed E-state index contributed by atoms with van der Waals surface area (Å²) >= 11 is 0. The van der Waals surface area contributed by atoms with Crippen LogP contribution in [0.2, 0.25) is 0 Å². The molecule has 4 heteroatoms. The van der Waals surface area contributed by atoms with Gasteiger partial charge in [0, 0.05) is 17.8 Å². The highest BCUT2D eigenvalue weighted by molar-refractivity contribution is 6.04. The van der Waals surface area contributed by atoms with Crippen molar-refractivity contribution in [3.05, 3.63) is 65.9 Å². The molecule has 0 amide bonds. The van der Waals surface area contributed by atoms with Crippen molar-refractivity contribution in [1.82, 2.24) is 0 Å². The minimum atomic E-state index is -0.124. The number of rotatable bonds is 6. The van der Waals surface area contributed by atoms with Crippen LogP contribution in [-0.2, 0) is 0 Å². The Morgan fingerprint density at radius 3 is 2.52 bits per heavy atom. The van der Waals surface area contributed by atoms with E-state index in [2.05, 4.69) is 5.32 Å². The van der Waals surface area contributed by atoms with Gasteiger partial charge in [0.15, 0.2) is 5.78 Å². The summed E-state index contributed by atoms with van der Waals surface area (Å²) in [6.45, 7) is 5.84. The predicted molar refractivity (Wildman–Crippen MR) is 92.1 cm³/mol. The number of carbonyl (C=O) groups excluding carboxylic acids is 1. The van der Waals surface area contributed by atoms with E-state index in [1.165, 1.54) is 12.3 Å². The first-order chi connectivity index (χ1) is 11.0. The maximum Gasteiger partial charge on any atom is 0.187 e. The molecular weight excluding hydrogens is 290 g/mol. The lowest BCUT2D eigenvalue weighted by Crippen LogP contribution is -2.05. The summed E-state index contributed by atoms with van der Waals surface area (Å²) in [7, 11) is 0. The number of hydrogen-bond donors (Lipinski definition) is 2. The molecule has 23 heavy (non-hydrogen) atoms. The zero-order chi connectivity index (χ0) is 16.8. The van der Waals surface area contributed by atoms with Crippen molar-refractivity contribution in [2.24, 2.45) is 0 Å². The van der Waals surface area contributed by atoms with E-state index in [1.54, 1.807) is 30.3 Å². The Morgan fingerprint density at radius 2 is 1.87 bits per heavy atom. The van der Waals surface area contributed by atoms with Crippen LogP contribution < -0.4 is 10.1 Å². The van der Waals surface area contributed by atoms with Crippen molar-refractivity contribution in [3.63, 3.8) is 0 Å². The molecule has 0 aliphatic heterocycles. The first-order valence-corrected chi connectivity index (χ1v) is 7.49. The summed E-state index contributed by atoms with van der Waals surface area (Å²) in [5.74, 6) is 0.756. The van der Waals surface area contributed by atoms with Gasteiger partial charge < -0.3 is 15.2 Å². The van der Waals surface area contributed by atoms with Gasteiger partial charge in [0.05, 0.1) is 11.8 Å². The van der Waals surface area contributed by atoms with E-state index in [-0.39, 0.29) is 17.6 Å².